The Morgan fingerprint density at radius 3 is 2.47 bits per heavy atom. The minimum absolute atomic E-state index is 0.135. The number of amides is 1. The smallest absolute Gasteiger partial charge is 0.310 e. The molecule has 0 spiro atoms. The molecule has 0 aliphatic rings. The van der Waals surface area contributed by atoms with Crippen LogP contribution < -0.4 is 5.32 Å². The summed E-state index contributed by atoms with van der Waals surface area (Å²) in [5, 5.41) is 19.2. The van der Waals surface area contributed by atoms with Crippen molar-refractivity contribution in [2.75, 3.05) is 5.32 Å². The zero-order valence-electron chi connectivity index (χ0n) is 11.0. The first-order chi connectivity index (χ1) is 8.75. The number of hydrogen-bond donors (Lipinski definition) is 2. The lowest BCUT2D eigenvalue weighted by molar-refractivity contribution is -0.153. The van der Waals surface area contributed by atoms with Gasteiger partial charge in [0.15, 0.2) is 11.0 Å². The third-order valence-electron chi connectivity index (χ3n) is 3.19. The second kappa shape index (κ2) is 5.97. The van der Waals surface area contributed by atoms with Gasteiger partial charge in [-0.05, 0) is 25.0 Å². The predicted molar refractivity (Wildman–Crippen MR) is 70.9 cm³/mol. The predicted octanol–water partition coefficient (Wildman–Crippen LogP) is 2.21. The summed E-state index contributed by atoms with van der Waals surface area (Å²) in [6, 6.07) is 2.99. The maximum Gasteiger partial charge on any atom is 0.310 e. The Morgan fingerprint density at radius 2 is 2.05 bits per heavy atom. The Morgan fingerprint density at radius 1 is 1.42 bits per heavy atom. The molecular formula is C12H16ClN3O3. The Hall–Kier alpha value is -1.69. The second-order valence-corrected chi connectivity index (χ2v) is 5.23. The van der Waals surface area contributed by atoms with Crippen molar-refractivity contribution in [3.05, 3.63) is 17.3 Å². The van der Waals surface area contributed by atoms with Crippen molar-refractivity contribution in [2.24, 2.45) is 11.3 Å². The second-order valence-electron chi connectivity index (χ2n) is 4.84. The first-order valence-corrected chi connectivity index (χ1v) is 6.16. The number of carbonyl (C=O) groups is 2. The molecule has 19 heavy (non-hydrogen) atoms. The van der Waals surface area contributed by atoms with E-state index >= 15 is 0 Å². The van der Waals surface area contributed by atoms with Crippen LogP contribution in [0, 0.1) is 11.3 Å². The van der Waals surface area contributed by atoms with Gasteiger partial charge in [0.2, 0.25) is 5.91 Å². The van der Waals surface area contributed by atoms with Gasteiger partial charge in [0, 0.05) is 6.42 Å². The van der Waals surface area contributed by atoms with E-state index in [1.807, 2.05) is 0 Å². The molecule has 1 amide bonds. The summed E-state index contributed by atoms with van der Waals surface area (Å²) in [4.78, 5) is 23.1. The van der Waals surface area contributed by atoms with Gasteiger partial charge in [0.25, 0.3) is 0 Å². The van der Waals surface area contributed by atoms with Gasteiger partial charge in [-0.15, -0.1) is 10.2 Å². The molecule has 0 saturated carbocycles. The zero-order valence-corrected chi connectivity index (χ0v) is 11.7. The number of carboxylic acids is 1. The van der Waals surface area contributed by atoms with Crippen molar-refractivity contribution in [2.45, 2.75) is 27.2 Å². The average Bonchev–Trinajstić information content (AvgIpc) is 2.31. The fourth-order valence-electron chi connectivity index (χ4n) is 1.43. The molecule has 0 saturated heterocycles. The number of carbonyl (C=O) groups excluding carboxylic acids is 1. The summed E-state index contributed by atoms with van der Waals surface area (Å²) in [6.07, 6.45) is -0.135. The molecule has 1 atom stereocenters. The molecule has 2 N–H and O–H groups in total. The molecule has 7 heteroatoms. The number of nitrogens with one attached hydrogen (secondary N) is 1. The molecule has 0 bridgehead atoms. The topological polar surface area (TPSA) is 92.2 Å². The number of halogens is 1. The molecule has 0 aliphatic carbocycles. The number of nitrogens with zero attached hydrogens (tertiary/aromatic N) is 2. The summed E-state index contributed by atoms with van der Waals surface area (Å²) in [7, 11) is 0. The van der Waals surface area contributed by atoms with E-state index < -0.39 is 17.3 Å². The maximum atomic E-state index is 11.8. The molecule has 0 radical (unpaired) electrons. The van der Waals surface area contributed by atoms with Crippen molar-refractivity contribution in [1.82, 2.24) is 10.2 Å². The normalized spacial score (nSPS) is 13.9. The highest BCUT2D eigenvalue weighted by molar-refractivity contribution is 6.29. The van der Waals surface area contributed by atoms with Crippen LogP contribution in [0.5, 0.6) is 0 Å². The SMILES string of the molecule is CC(C)C(C)(CC(=O)Nc1ccc(Cl)nn1)C(=O)O. The van der Waals surface area contributed by atoms with E-state index in [0.717, 1.165) is 0 Å². The van der Waals surface area contributed by atoms with Crippen LogP contribution in [0.15, 0.2) is 12.1 Å². The van der Waals surface area contributed by atoms with Crippen LogP contribution in [0.25, 0.3) is 0 Å². The van der Waals surface area contributed by atoms with Crippen molar-refractivity contribution in [1.29, 1.82) is 0 Å². The lowest BCUT2D eigenvalue weighted by atomic mass is 9.76. The van der Waals surface area contributed by atoms with Gasteiger partial charge in [-0.1, -0.05) is 25.4 Å². The van der Waals surface area contributed by atoms with Gasteiger partial charge in [-0.3, -0.25) is 9.59 Å². The van der Waals surface area contributed by atoms with Gasteiger partial charge < -0.3 is 10.4 Å². The molecule has 1 heterocycles. The zero-order chi connectivity index (χ0) is 14.6. The highest BCUT2D eigenvalue weighted by Gasteiger charge is 2.38. The molecule has 1 unspecified atom stereocenters. The quantitative estimate of drug-likeness (QED) is 0.865. The molecule has 0 aliphatic heterocycles. The van der Waals surface area contributed by atoms with E-state index in [-0.39, 0.29) is 23.3 Å². The molecule has 0 fully saturated rings. The third kappa shape index (κ3) is 3.89. The number of anilines is 1. The summed E-state index contributed by atoms with van der Waals surface area (Å²) >= 11 is 5.57. The van der Waals surface area contributed by atoms with E-state index in [9.17, 15) is 14.7 Å². The molecule has 1 aromatic rings. The van der Waals surface area contributed by atoms with Crippen LogP contribution in [0.3, 0.4) is 0 Å². The van der Waals surface area contributed by atoms with Crippen molar-refractivity contribution >= 4 is 29.3 Å². The van der Waals surface area contributed by atoms with Crippen LogP contribution >= 0.6 is 11.6 Å². The third-order valence-corrected chi connectivity index (χ3v) is 3.39. The summed E-state index contributed by atoms with van der Waals surface area (Å²) in [5.41, 5.74) is -1.12. The summed E-state index contributed by atoms with van der Waals surface area (Å²) < 4.78 is 0. The van der Waals surface area contributed by atoms with Crippen LogP contribution in [0.1, 0.15) is 27.2 Å². The van der Waals surface area contributed by atoms with E-state index in [2.05, 4.69) is 15.5 Å². The first kappa shape index (κ1) is 15.4. The Labute approximate surface area is 116 Å². The van der Waals surface area contributed by atoms with Gasteiger partial charge in [-0.25, -0.2) is 0 Å². The monoisotopic (exact) mass is 285 g/mol. The van der Waals surface area contributed by atoms with E-state index in [0.29, 0.717) is 0 Å². The average molecular weight is 286 g/mol. The standard InChI is InChI=1S/C12H16ClN3O3/c1-7(2)12(3,11(18)19)6-10(17)14-9-5-4-8(13)15-16-9/h4-5,7H,6H2,1-3H3,(H,18,19)(H,14,16,17). The van der Waals surface area contributed by atoms with Gasteiger partial charge in [0.1, 0.15) is 0 Å². The van der Waals surface area contributed by atoms with Crippen LogP contribution in [-0.2, 0) is 9.59 Å². The molecule has 1 aromatic heterocycles. The molecule has 6 nitrogen and oxygen atoms in total. The van der Waals surface area contributed by atoms with Crippen LogP contribution in [0.2, 0.25) is 5.15 Å². The highest BCUT2D eigenvalue weighted by atomic mass is 35.5. The van der Waals surface area contributed by atoms with E-state index in [1.54, 1.807) is 20.8 Å². The summed E-state index contributed by atoms with van der Waals surface area (Å²) in [5.74, 6) is -1.35. The number of hydrogen-bond acceptors (Lipinski definition) is 4. The fraction of sp³-hybridized carbons (Fsp3) is 0.500. The maximum absolute atomic E-state index is 11.8. The van der Waals surface area contributed by atoms with E-state index in [1.165, 1.54) is 12.1 Å². The molecular weight excluding hydrogens is 270 g/mol. The Balaban J connectivity index is 2.74. The molecule has 0 aromatic carbocycles. The molecule has 104 valence electrons. The van der Waals surface area contributed by atoms with Crippen molar-refractivity contribution < 1.29 is 14.7 Å². The highest BCUT2D eigenvalue weighted by Crippen LogP contribution is 2.31. The number of carboxylic acid groups (broad SMARTS) is 1. The van der Waals surface area contributed by atoms with Gasteiger partial charge in [0.05, 0.1) is 5.41 Å². The number of aliphatic carboxylic acids is 1. The Bertz CT molecular complexity index is 476. The Kier molecular flexibility index (Phi) is 4.83. The number of rotatable bonds is 5. The van der Waals surface area contributed by atoms with Crippen LogP contribution in [-0.4, -0.2) is 27.2 Å². The first-order valence-electron chi connectivity index (χ1n) is 5.78. The minimum atomic E-state index is -1.12. The van der Waals surface area contributed by atoms with Gasteiger partial charge in [-0.2, -0.15) is 0 Å². The van der Waals surface area contributed by atoms with Gasteiger partial charge >= 0.3 is 5.97 Å². The van der Waals surface area contributed by atoms with Crippen molar-refractivity contribution in [3.63, 3.8) is 0 Å². The van der Waals surface area contributed by atoms with E-state index in [4.69, 9.17) is 11.6 Å². The van der Waals surface area contributed by atoms with Crippen molar-refractivity contribution in [3.8, 4) is 0 Å². The van der Waals surface area contributed by atoms with Crippen LogP contribution in [0.4, 0.5) is 5.82 Å². The lowest BCUT2D eigenvalue weighted by Gasteiger charge is -2.28. The molecule has 1 rings (SSSR count). The summed E-state index contributed by atoms with van der Waals surface area (Å²) in [6.45, 7) is 5.08. The number of aromatic nitrogens is 2. The largest absolute Gasteiger partial charge is 0.481 e. The fourth-order valence-corrected chi connectivity index (χ4v) is 1.53. The minimum Gasteiger partial charge on any atom is -0.481 e. The lowest BCUT2D eigenvalue weighted by Crippen LogP contribution is -2.37.